The number of amides is 1. The molecule has 30 heavy (non-hydrogen) atoms. The van der Waals surface area contributed by atoms with Gasteiger partial charge in [0.05, 0.1) is 12.6 Å². The highest BCUT2D eigenvalue weighted by molar-refractivity contribution is 5.92. The summed E-state index contributed by atoms with van der Waals surface area (Å²) in [6, 6.07) is 5.51. The molecule has 0 unspecified atom stereocenters. The van der Waals surface area contributed by atoms with Gasteiger partial charge in [-0.1, -0.05) is 18.2 Å². The average molecular weight is 423 g/mol. The molecule has 0 radical (unpaired) electrons. The maximum absolute atomic E-state index is 12.7. The molecule has 1 atom stereocenters. The van der Waals surface area contributed by atoms with E-state index in [9.17, 15) is 22.8 Å². The van der Waals surface area contributed by atoms with Crippen molar-refractivity contribution in [1.82, 2.24) is 15.3 Å². The summed E-state index contributed by atoms with van der Waals surface area (Å²) >= 11 is 0. The van der Waals surface area contributed by atoms with Gasteiger partial charge in [0.15, 0.2) is 0 Å². The number of carbonyl (C=O) groups excluding carboxylic acids is 1. The quantitative estimate of drug-likeness (QED) is 0.713. The number of carbonyl (C=O) groups is 1. The Morgan fingerprint density at radius 3 is 2.63 bits per heavy atom. The SMILES string of the molecule is COC[C@@H](NC(=O)c1cc(=O)[nH]c(C2=CCCC2)n1)c1ccc(OC(F)(F)F)cc1. The van der Waals surface area contributed by atoms with Gasteiger partial charge in [0.1, 0.15) is 17.3 Å². The lowest BCUT2D eigenvalue weighted by Crippen LogP contribution is -2.33. The molecule has 1 aliphatic rings. The molecule has 1 aromatic carbocycles. The number of hydrogen-bond donors (Lipinski definition) is 2. The molecule has 1 aromatic heterocycles. The summed E-state index contributed by atoms with van der Waals surface area (Å²) in [4.78, 5) is 31.6. The number of H-pyrrole nitrogens is 1. The summed E-state index contributed by atoms with van der Waals surface area (Å²) in [6.45, 7) is 0.0619. The van der Waals surface area contributed by atoms with Crippen LogP contribution in [0.4, 0.5) is 13.2 Å². The minimum Gasteiger partial charge on any atom is -0.406 e. The van der Waals surface area contributed by atoms with Crippen LogP contribution in [0.2, 0.25) is 0 Å². The first-order valence-corrected chi connectivity index (χ1v) is 9.21. The lowest BCUT2D eigenvalue weighted by Gasteiger charge is -2.19. The van der Waals surface area contributed by atoms with Crippen LogP contribution < -0.4 is 15.6 Å². The van der Waals surface area contributed by atoms with Crippen LogP contribution in [-0.2, 0) is 4.74 Å². The fraction of sp³-hybridized carbons (Fsp3) is 0.350. The highest BCUT2D eigenvalue weighted by Gasteiger charge is 2.31. The monoisotopic (exact) mass is 423 g/mol. The molecular formula is C20H20F3N3O4. The normalized spacial score (nSPS) is 14.9. The third-order valence-electron chi connectivity index (χ3n) is 4.47. The van der Waals surface area contributed by atoms with E-state index in [2.05, 4.69) is 20.0 Å². The number of allylic oxidation sites excluding steroid dienone is 2. The predicted octanol–water partition coefficient (Wildman–Crippen LogP) is 3.35. The van der Waals surface area contributed by atoms with Crippen LogP contribution in [0.15, 0.2) is 41.2 Å². The van der Waals surface area contributed by atoms with Gasteiger partial charge in [-0.05, 0) is 42.5 Å². The van der Waals surface area contributed by atoms with Gasteiger partial charge in [0.2, 0.25) is 0 Å². The largest absolute Gasteiger partial charge is 0.573 e. The van der Waals surface area contributed by atoms with Gasteiger partial charge >= 0.3 is 6.36 Å². The van der Waals surface area contributed by atoms with Crippen LogP contribution in [0, 0.1) is 0 Å². The van der Waals surface area contributed by atoms with Crippen molar-refractivity contribution >= 4 is 11.5 Å². The first kappa shape index (κ1) is 21.6. The molecule has 0 saturated heterocycles. The zero-order valence-electron chi connectivity index (χ0n) is 16.1. The van der Waals surface area contributed by atoms with Crippen molar-refractivity contribution in [2.45, 2.75) is 31.7 Å². The van der Waals surface area contributed by atoms with Crippen molar-refractivity contribution in [3.63, 3.8) is 0 Å². The second kappa shape index (κ2) is 9.12. The first-order chi connectivity index (χ1) is 14.2. The molecule has 2 aromatic rings. The second-order valence-corrected chi connectivity index (χ2v) is 6.70. The van der Waals surface area contributed by atoms with Crippen molar-refractivity contribution < 1.29 is 27.4 Å². The maximum Gasteiger partial charge on any atom is 0.573 e. The highest BCUT2D eigenvalue weighted by Crippen LogP contribution is 2.26. The Balaban J connectivity index is 1.78. The lowest BCUT2D eigenvalue weighted by molar-refractivity contribution is -0.274. The summed E-state index contributed by atoms with van der Waals surface area (Å²) in [5.41, 5.74) is 0.883. The number of nitrogens with one attached hydrogen (secondary N) is 2. The highest BCUT2D eigenvalue weighted by atomic mass is 19.4. The molecule has 1 aliphatic carbocycles. The molecule has 1 amide bonds. The topological polar surface area (TPSA) is 93.3 Å². The molecular weight excluding hydrogens is 403 g/mol. The van der Waals surface area contributed by atoms with Crippen LogP contribution in [0.25, 0.3) is 5.57 Å². The van der Waals surface area contributed by atoms with Crippen LogP contribution >= 0.6 is 0 Å². The second-order valence-electron chi connectivity index (χ2n) is 6.70. The lowest BCUT2D eigenvalue weighted by atomic mass is 10.1. The van der Waals surface area contributed by atoms with Gasteiger partial charge in [0.25, 0.3) is 11.5 Å². The van der Waals surface area contributed by atoms with E-state index in [4.69, 9.17) is 4.74 Å². The number of methoxy groups -OCH3 is 1. The van der Waals surface area contributed by atoms with Gasteiger partial charge in [-0.2, -0.15) is 0 Å². The van der Waals surface area contributed by atoms with Crippen LogP contribution in [0.3, 0.4) is 0 Å². The summed E-state index contributed by atoms with van der Waals surface area (Å²) < 4.78 is 45.9. The molecule has 1 heterocycles. The van der Waals surface area contributed by atoms with Gasteiger partial charge in [-0.25, -0.2) is 4.98 Å². The van der Waals surface area contributed by atoms with E-state index in [0.717, 1.165) is 43.0 Å². The Morgan fingerprint density at radius 1 is 1.30 bits per heavy atom. The molecule has 2 N–H and O–H groups in total. The predicted molar refractivity (Wildman–Crippen MR) is 102 cm³/mol. The molecule has 10 heteroatoms. The van der Waals surface area contributed by atoms with Gasteiger partial charge < -0.3 is 19.8 Å². The maximum atomic E-state index is 12.7. The summed E-state index contributed by atoms with van der Waals surface area (Å²) in [5, 5.41) is 2.70. The Morgan fingerprint density at radius 2 is 2.03 bits per heavy atom. The third kappa shape index (κ3) is 5.69. The molecule has 0 fully saturated rings. The summed E-state index contributed by atoms with van der Waals surface area (Å²) in [6.07, 6.45) is -0.204. The molecule has 7 nitrogen and oxygen atoms in total. The van der Waals surface area contributed by atoms with Crippen molar-refractivity contribution in [2.75, 3.05) is 13.7 Å². The molecule has 0 bridgehead atoms. The Bertz CT molecular complexity index is 984. The number of aromatic nitrogens is 2. The van der Waals surface area contributed by atoms with Gasteiger partial charge in [-0.15, -0.1) is 13.2 Å². The number of aromatic amines is 1. The Hall–Kier alpha value is -3.14. The van der Waals surface area contributed by atoms with E-state index in [1.165, 1.54) is 19.2 Å². The van der Waals surface area contributed by atoms with E-state index < -0.39 is 23.9 Å². The summed E-state index contributed by atoms with van der Waals surface area (Å²) in [5.74, 6) is -0.611. The molecule has 0 spiro atoms. The fourth-order valence-corrected chi connectivity index (χ4v) is 3.13. The van der Waals surface area contributed by atoms with Gasteiger partial charge in [0, 0.05) is 13.2 Å². The summed E-state index contributed by atoms with van der Waals surface area (Å²) in [7, 11) is 1.43. The van der Waals surface area contributed by atoms with Gasteiger partial charge in [-0.3, -0.25) is 9.59 Å². The van der Waals surface area contributed by atoms with Crippen molar-refractivity contribution in [1.29, 1.82) is 0 Å². The van der Waals surface area contributed by atoms with Crippen LogP contribution in [0.5, 0.6) is 5.75 Å². The average Bonchev–Trinajstić information content (AvgIpc) is 3.21. The fourth-order valence-electron chi connectivity index (χ4n) is 3.13. The zero-order chi connectivity index (χ0) is 21.7. The molecule has 0 aliphatic heterocycles. The zero-order valence-corrected chi connectivity index (χ0v) is 16.1. The molecule has 3 rings (SSSR count). The van der Waals surface area contributed by atoms with Crippen molar-refractivity contribution in [2.24, 2.45) is 0 Å². The van der Waals surface area contributed by atoms with E-state index in [0.29, 0.717) is 11.4 Å². The minimum atomic E-state index is -4.79. The number of benzene rings is 1. The van der Waals surface area contributed by atoms with E-state index >= 15 is 0 Å². The van der Waals surface area contributed by atoms with Crippen LogP contribution in [0.1, 0.15) is 47.2 Å². The Labute approximate surface area is 169 Å². The number of halogens is 3. The molecule has 0 saturated carbocycles. The van der Waals surface area contributed by atoms with Crippen molar-refractivity contribution in [3.05, 3.63) is 63.8 Å². The smallest absolute Gasteiger partial charge is 0.406 e. The Kier molecular flexibility index (Phi) is 6.56. The number of ether oxygens (including phenoxy) is 2. The van der Waals surface area contributed by atoms with E-state index in [-0.39, 0.29) is 18.1 Å². The molecule has 160 valence electrons. The number of rotatable bonds is 7. The van der Waals surface area contributed by atoms with E-state index in [1.807, 2.05) is 6.08 Å². The number of nitrogens with zero attached hydrogens (tertiary/aromatic N) is 1. The number of alkyl halides is 3. The van der Waals surface area contributed by atoms with Crippen LogP contribution in [-0.4, -0.2) is 36.0 Å². The third-order valence-corrected chi connectivity index (χ3v) is 4.47. The van der Waals surface area contributed by atoms with Crippen molar-refractivity contribution in [3.8, 4) is 5.75 Å². The van der Waals surface area contributed by atoms with E-state index in [1.54, 1.807) is 0 Å². The first-order valence-electron chi connectivity index (χ1n) is 9.21. The number of hydrogen-bond acceptors (Lipinski definition) is 5. The standard InChI is InChI=1S/C20H20F3N3O4/c1-29-11-16(12-6-8-14(9-7-12)30-20(21,22)23)25-19(28)15-10-17(27)26-18(24-15)13-4-2-3-5-13/h4,6-10,16H,2-3,5,11H2,1H3,(H,25,28)(H,24,26,27)/t16-/m1/s1. The minimum absolute atomic E-state index is 0.0559.